The van der Waals surface area contributed by atoms with Gasteiger partial charge in [0, 0.05) is 10.2 Å². The van der Waals surface area contributed by atoms with Gasteiger partial charge >= 0.3 is 0 Å². The lowest BCUT2D eigenvalue weighted by molar-refractivity contribution is -0.886. The molecule has 1 aromatic carbocycles. The van der Waals surface area contributed by atoms with Gasteiger partial charge < -0.3 is 14.6 Å². The zero-order chi connectivity index (χ0) is 14.5. The maximum Gasteiger partial charge on any atom is 0.279 e. The highest BCUT2D eigenvalue weighted by Crippen LogP contribution is 2.15. The van der Waals surface area contributed by atoms with E-state index in [1.54, 1.807) is 0 Å². The van der Waals surface area contributed by atoms with Gasteiger partial charge in [-0.2, -0.15) is 0 Å². The van der Waals surface area contributed by atoms with Crippen molar-refractivity contribution in [3.05, 3.63) is 52.4 Å². The Morgan fingerprint density at radius 2 is 2.15 bits per heavy atom. The number of carbonyl (C=O) groups excluding carboxylic acids is 1. The number of anilines is 1. The molecule has 1 heterocycles. The van der Waals surface area contributed by atoms with Crippen molar-refractivity contribution in [3.8, 4) is 0 Å². The van der Waals surface area contributed by atoms with Crippen molar-refractivity contribution in [1.29, 1.82) is 0 Å². The number of hydrogen-bond acceptors (Lipinski definition) is 2. The summed E-state index contributed by atoms with van der Waals surface area (Å²) in [6.07, 6.45) is 0. The number of benzene rings is 1. The number of carbonyl (C=O) groups is 1. The van der Waals surface area contributed by atoms with E-state index in [4.69, 9.17) is 4.42 Å². The van der Waals surface area contributed by atoms with Crippen molar-refractivity contribution < 1.29 is 14.1 Å². The Hall–Kier alpha value is -1.59. The smallest absolute Gasteiger partial charge is 0.279 e. The molecule has 2 rings (SSSR count). The average Bonchev–Trinajstić information content (AvgIpc) is 2.74. The van der Waals surface area contributed by atoms with Gasteiger partial charge in [0.15, 0.2) is 12.3 Å². The molecule has 0 spiro atoms. The van der Waals surface area contributed by atoms with Crippen molar-refractivity contribution in [1.82, 2.24) is 0 Å². The molecule has 0 saturated carbocycles. The van der Waals surface area contributed by atoms with Crippen LogP contribution >= 0.6 is 15.9 Å². The third-order valence-corrected chi connectivity index (χ3v) is 3.34. The molecule has 0 radical (unpaired) electrons. The Labute approximate surface area is 126 Å². The first kappa shape index (κ1) is 14.8. The van der Waals surface area contributed by atoms with Gasteiger partial charge in [-0.1, -0.05) is 22.0 Å². The number of nitrogens with one attached hydrogen (secondary N) is 2. The average molecular weight is 338 g/mol. The van der Waals surface area contributed by atoms with Crippen LogP contribution in [0.15, 0.2) is 45.3 Å². The van der Waals surface area contributed by atoms with Crippen LogP contribution in [0.3, 0.4) is 0 Å². The van der Waals surface area contributed by atoms with E-state index < -0.39 is 0 Å². The lowest BCUT2D eigenvalue weighted by Crippen LogP contribution is -3.08. The van der Waals surface area contributed by atoms with Gasteiger partial charge in [-0.15, -0.1) is 0 Å². The SMILES string of the molecule is Cc1ccc(C[NH+](C)CC(=O)Nc2cccc(Br)c2)o1. The molecule has 0 aliphatic carbocycles. The monoisotopic (exact) mass is 337 g/mol. The second-order valence-electron chi connectivity index (χ2n) is 4.88. The molecular formula is C15H18BrN2O2+. The van der Waals surface area contributed by atoms with E-state index in [0.717, 1.165) is 26.6 Å². The maximum atomic E-state index is 12.0. The van der Waals surface area contributed by atoms with E-state index in [1.165, 1.54) is 0 Å². The summed E-state index contributed by atoms with van der Waals surface area (Å²) in [4.78, 5) is 13.0. The largest absolute Gasteiger partial charge is 0.460 e. The molecule has 0 fully saturated rings. The normalized spacial score (nSPS) is 12.2. The number of hydrogen-bond donors (Lipinski definition) is 2. The molecule has 5 heteroatoms. The molecule has 1 aromatic heterocycles. The first-order chi connectivity index (χ1) is 9.52. The van der Waals surface area contributed by atoms with Crippen LogP contribution in [0.2, 0.25) is 0 Å². The van der Waals surface area contributed by atoms with E-state index in [-0.39, 0.29) is 5.91 Å². The molecule has 0 bridgehead atoms. The minimum Gasteiger partial charge on any atom is -0.460 e. The van der Waals surface area contributed by atoms with Crippen molar-refractivity contribution in [3.63, 3.8) is 0 Å². The number of aryl methyl sites for hydroxylation is 1. The third kappa shape index (κ3) is 4.51. The molecule has 1 amide bonds. The van der Waals surface area contributed by atoms with Gasteiger partial charge in [-0.05, 0) is 37.3 Å². The van der Waals surface area contributed by atoms with Crippen LogP contribution in [0.25, 0.3) is 0 Å². The predicted octanol–water partition coefficient (Wildman–Crippen LogP) is 2.00. The second-order valence-corrected chi connectivity index (χ2v) is 5.80. The Kier molecular flexibility index (Phi) is 4.98. The van der Waals surface area contributed by atoms with Crippen molar-refractivity contribution >= 4 is 27.5 Å². The number of amides is 1. The quantitative estimate of drug-likeness (QED) is 0.876. The highest BCUT2D eigenvalue weighted by molar-refractivity contribution is 9.10. The topological polar surface area (TPSA) is 46.7 Å². The molecule has 20 heavy (non-hydrogen) atoms. The Morgan fingerprint density at radius 1 is 1.35 bits per heavy atom. The van der Waals surface area contributed by atoms with Gasteiger partial charge in [-0.3, -0.25) is 4.79 Å². The molecule has 106 valence electrons. The molecule has 1 atom stereocenters. The second kappa shape index (κ2) is 6.72. The molecule has 2 N–H and O–H groups in total. The van der Waals surface area contributed by atoms with Crippen LogP contribution in [0.5, 0.6) is 0 Å². The summed E-state index contributed by atoms with van der Waals surface area (Å²) in [7, 11) is 1.97. The number of rotatable bonds is 5. The lowest BCUT2D eigenvalue weighted by Gasteiger charge is -2.12. The summed E-state index contributed by atoms with van der Waals surface area (Å²) in [5.41, 5.74) is 0.797. The summed E-state index contributed by atoms with van der Waals surface area (Å²) < 4.78 is 6.46. The first-order valence-electron chi connectivity index (χ1n) is 6.45. The van der Waals surface area contributed by atoms with Gasteiger partial charge in [0.25, 0.3) is 5.91 Å². The first-order valence-corrected chi connectivity index (χ1v) is 7.24. The van der Waals surface area contributed by atoms with Crippen molar-refractivity contribution in [2.24, 2.45) is 0 Å². The third-order valence-electron chi connectivity index (χ3n) is 2.84. The molecule has 0 aliphatic rings. The van der Waals surface area contributed by atoms with E-state index in [9.17, 15) is 4.79 Å². The molecule has 0 saturated heterocycles. The Bertz CT molecular complexity index is 595. The van der Waals surface area contributed by atoms with Crippen molar-refractivity contribution in [2.45, 2.75) is 13.5 Å². The van der Waals surface area contributed by atoms with E-state index >= 15 is 0 Å². The number of likely N-dealkylation sites (N-methyl/N-ethyl adjacent to an activating group) is 1. The zero-order valence-electron chi connectivity index (χ0n) is 11.6. The fraction of sp³-hybridized carbons (Fsp3) is 0.267. The predicted molar refractivity (Wildman–Crippen MR) is 81.7 cm³/mol. The molecular weight excluding hydrogens is 320 g/mol. The van der Waals surface area contributed by atoms with Crippen LogP contribution in [-0.2, 0) is 11.3 Å². The van der Waals surface area contributed by atoms with Crippen LogP contribution in [0, 0.1) is 6.92 Å². The van der Waals surface area contributed by atoms with Crippen LogP contribution < -0.4 is 10.2 Å². The van der Waals surface area contributed by atoms with E-state index in [1.807, 2.05) is 50.4 Å². The lowest BCUT2D eigenvalue weighted by atomic mass is 10.3. The van der Waals surface area contributed by atoms with Gasteiger partial charge in [0.1, 0.15) is 12.3 Å². The molecule has 2 aromatic rings. The summed E-state index contributed by atoms with van der Waals surface area (Å²) >= 11 is 3.38. The molecule has 4 nitrogen and oxygen atoms in total. The molecule has 1 unspecified atom stereocenters. The highest BCUT2D eigenvalue weighted by Gasteiger charge is 2.12. The fourth-order valence-corrected chi connectivity index (χ4v) is 2.38. The summed E-state index contributed by atoms with van der Waals surface area (Å²) in [6.45, 7) is 3.00. The zero-order valence-corrected chi connectivity index (χ0v) is 13.2. The van der Waals surface area contributed by atoms with Crippen LogP contribution in [0.1, 0.15) is 11.5 Å². The maximum absolute atomic E-state index is 12.0. The van der Waals surface area contributed by atoms with Crippen LogP contribution in [-0.4, -0.2) is 19.5 Å². The summed E-state index contributed by atoms with van der Waals surface area (Å²) in [5.74, 6) is 1.78. The van der Waals surface area contributed by atoms with Gasteiger partial charge in [0.2, 0.25) is 0 Å². The van der Waals surface area contributed by atoms with E-state index in [2.05, 4.69) is 21.2 Å². The van der Waals surface area contributed by atoms with E-state index in [0.29, 0.717) is 13.1 Å². The number of halogens is 1. The van der Waals surface area contributed by atoms with Gasteiger partial charge in [0.05, 0.1) is 7.05 Å². The fourth-order valence-electron chi connectivity index (χ4n) is 1.99. The minimum atomic E-state index is -0.0103. The standard InChI is InChI=1S/C15H17BrN2O2/c1-11-6-7-14(20-11)9-18(2)10-15(19)17-13-5-3-4-12(16)8-13/h3-8H,9-10H2,1-2H3,(H,17,19)/p+1. The Morgan fingerprint density at radius 3 is 2.80 bits per heavy atom. The van der Waals surface area contributed by atoms with Crippen molar-refractivity contribution in [2.75, 3.05) is 18.9 Å². The Balaban J connectivity index is 1.84. The number of furan rings is 1. The van der Waals surface area contributed by atoms with Crippen LogP contribution in [0.4, 0.5) is 5.69 Å². The molecule has 0 aliphatic heterocycles. The summed E-state index contributed by atoms with van der Waals surface area (Å²) in [6, 6.07) is 11.4. The minimum absolute atomic E-state index is 0.0103. The highest BCUT2D eigenvalue weighted by atomic mass is 79.9. The van der Waals surface area contributed by atoms with Gasteiger partial charge in [-0.25, -0.2) is 0 Å². The number of quaternary nitrogens is 1. The summed E-state index contributed by atoms with van der Waals surface area (Å²) in [5, 5.41) is 2.88.